The first-order chi connectivity index (χ1) is 8.58. The van der Waals surface area contributed by atoms with Gasteiger partial charge in [0.2, 0.25) is 0 Å². The fraction of sp³-hybridized carbons (Fsp3) is 0.417. The van der Waals surface area contributed by atoms with E-state index in [2.05, 4.69) is 27.3 Å². The van der Waals surface area contributed by atoms with Crippen LogP contribution >= 0.6 is 0 Å². The van der Waals surface area contributed by atoms with Crippen molar-refractivity contribution in [1.29, 1.82) is 0 Å². The molecule has 2 heterocycles. The predicted molar refractivity (Wildman–Crippen MR) is 71.7 cm³/mol. The van der Waals surface area contributed by atoms with Gasteiger partial charge in [-0.3, -0.25) is 4.68 Å². The van der Waals surface area contributed by atoms with Crippen LogP contribution in [-0.4, -0.2) is 19.7 Å². The lowest BCUT2D eigenvalue weighted by molar-refractivity contribution is 0.756. The molecule has 0 aliphatic heterocycles. The molecule has 2 rings (SSSR count). The van der Waals surface area contributed by atoms with Crippen molar-refractivity contribution in [2.24, 2.45) is 7.05 Å². The van der Waals surface area contributed by atoms with Crippen LogP contribution in [0, 0.1) is 6.92 Å². The van der Waals surface area contributed by atoms with Crippen LogP contribution < -0.4 is 11.1 Å². The summed E-state index contributed by atoms with van der Waals surface area (Å²) in [7, 11) is 1.88. The fourth-order valence-corrected chi connectivity index (χ4v) is 1.78. The van der Waals surface area contributed by atoms with Crippen molar-refractivity contribution in [2.75, 3.05) is 11.1 Å². The molecule has 2 aromatic heterocycles. The molecule has 0 saturated heterocycles. The lowest BCUT2D eigenvalue weighted by Gasteiger charge is -2.06. The van der Waals surface area contributed by atoms with Crippen LogP contribution in [-0.2, 0) is 13.5 Å². The first-order valence-electron chi connectivity index (χ1n) is 5.99. The third kappa shape index (κ3) is 2.77. The number of aryl methyl sites for hydroxylation is 3. The molecule has 0 spiro atoms. The molecular weight excluding hydrogens is 228 g/mol. The van der Waals surface area contributed by atoms with Gasteiger partial charge in [0.25, 0.3) is 0 Å². The highest BCUT2D eigenvalue weighted by molar-refractivity contribution is 5.59. The van der Waals surface area contributed by atoms with Gasteiger partial charge < -0.3 is 11.1 Å². The topological polar surface area (TPSA) is 81.6 Å². The highest BCUT2D eigenvalue weighted by atomic mass is 15.3. The Morgan fingerprint density at radius 1 is 1.39 bits per heavy atom. The molecule has 6 heteroatoms. The average Bonchev–Trinajstić information content (AvgIpc) is 2.57. The number of nitrogen functional groups attached to an aromatic ring is 1. The van der Waals surface area contributed by atoms with E-state index in [1.54, 1.807) is 10.7 Å². The second-order valence-corrected chi connectivity index (χ2v) is 4.27. The van der Waals surface area contributed by atoms with Gasteiger partial charge in [-0.1, -0.05) is 6.92 Å². The molecule has 18 heavy (non-hydrogen) atoms. The van der Waals surface area contributed by atoms with Crippen LogP contribution in [0.25, 0.3) is 0 Å². The van der Waals surface area contributed by atoms with Gasteiger partial charge in [-0.25, -0.2) is 9.97 Å². The average molecular weight is 246 g/mol. The Balaban J connectivity index is 2.25. The second-order valence-electron chi connectivity index (χ2n) is 4.27. The largest absolute Gasteiger partial charge is 0.384 e. The van der Waals surface area contributed by atoms with E-state index in [1.165, 1.54) is 0 Å². The zero-order valence-corrected chi connectivity index (χ0v) is 10.9. The molecule has 0 bridgehead atoms. The maximum Gasteiger partial charge on any atom is 0.136 e. The molecule has 3 N–H and O–H groups in total. The van der Waals surface area contributed by atoms with Gasteiger partial charge in [-0.2, -0.15) is 5.10 Å². The van der Waals surface area contributed by atoms with Crippen LogP contribution in [0.2, 0.25) is 0 Å². The van der Waals surface area contributed by atoms with Crippen LogP contribution in [0.4, 0.5) is 17.3 Å². The Kier molecular flexibility index (Phi) is 3.45. The molecule has 0 saturated carbocycles. The summed E-state index contributed by atoms with van der Waals surface area (Å²) in [6, 6.07) is 1.73. The molecule has 0 amide bonds. The van der Waals surface area contributed by atoms with E-state index in [9.17, 15) is 0 Å². The van der Waals surface area contributed by atoms with Crippen molar-refractivity contribution in [1.82, 2.24) is 19.7 Å². The zero-order chi connectivity index (χ0) is 13.1. The maximum atomic E-state index is 5.77. The number of anilines is 3. The molecule has 2 aromatic rings. The summed E-state index contributed by atoms with van der Waals surface area (Å²) >= 11 is 0. The minimum atomic E-state index is 0.484. The highest BCUT2D eigenvalue weighted by Gasteiger charge is 2.06. The van der Waals surface area contributed by atoms with Crippen LogP contribution in [0.5, 0.6) is 0 Å². The lowest BCUT2D eigenvalue weighted by Crippen LogP contribution is -2.03. The standard InChI is InChI=1S/C12H18N6/c1-4-5-11-15-10(13)6-12(16-11)14-9-7-18(3)17-8(9)2/h6-7H,4-5H2,1-3H3,(H3,13,14,15,16). The smallest absolute Gasteiger partial charge is 0.136 e. The first kappa shape index (κ1) is 12.3. The summed E-state index contributed by atoms with van der Waals surface area (Å²) in [5.74, 6) is 1.96. The number of nitrogens with zero attached hydrogens (tertiary/aromatic N) is 4. The van der Waals surface area contributed by atoms with Crippen molar-refractivity contribution in [3.63, 3.8) is 0 Å². The van der Waals surface area contributed by atoms with Gasteiger partial charge in [-0.05, 0) is 13.3 Å². The normalized spacial score (nSPS) is 10.6. The summed E-state index contributed by atoms with van der Waals surface area (Å²) in [5.41, 5.74) is 7.63. The first-order valence-corrected chi connectivity index (χ1v) is 5.99. The fourth-order valence-electron chi connectivity index (χ4n) is 1.78. The van der Waals surface area contributed by atoms with Gasteiger partial charge in [0, 0.05) is 25.7 Å². The summed E-state index contributed by atoms with van der Waals surface area (Å²) in [6.07, 6.45) is 3.73. The number of nitrogens with two attached hydrogens (primary N) is 1. The second kappa shape index (κ2) is 5.03. The Morgan fingerprint density at radius 2 is 2.17 bits per heavy atom. The Bertz CT molecular complexity index is 545. The monoisotopic (exact) mass is 246 g/mol. The van der Waals surface area contributed by atoms with E-state index in [0.717, 1.165) is 30.0 Å². The third-order valence-electron chi connectivity index (χ3n) is 2.54. The van der Waals surface area contributed by atoms with Gasteiger partial charge in [0.05, 0.1) is 11.4 Å². The third-order valence-corrected chi connectivity index (χ3v) is 2.54. The summed E-state index contributed by atoms with van der Waals surface area (Å²) in [4.78, 5) is 8.63. The van der Waals surface area contributed by atoms with E-state index in [0.29, 0.717) is 11.6 Å². The van der Waals surface area contributed by atoms with Gasteiger partial charge >= 0.3 is 0 Å². The summed E-state index contributed by atoms with van der Waals surface area (Å²) in [5, 5.41) is 7.49. The van der Waals surface area contributed by atoms with E-state index < -0.39 is 0 Å². The molecule has 0 aromatic carbocycles. The number of hydrogen-bond donors (Lipinski definition) is 2. The van der Waals surface area contributed by atoms with Crippen molar-refractivity contribution in [3.8, 4) is 0 Å². The SMILES string of the molecule is CCCc1nc(N)cc(Nc2cn(C)nc2C)n1. The van der Waals surface area contributed by atoms with Crippen LogP contribution in [0.15, 0.2) is 12.3 Å². The highest BCUT2D eigenvalue weighted by Crippen LogP contribution is 2.19. The molecule has 0 aliphatic rings. The van der Waals surface area contributed by atoms with Crippen molar-refractivity contribution in [3.05, 3.63) is 23.8 Å². The predicted octanol–water partition coefficient (Wildman–Crippen LogP) is 1.80. The Labute approximate surface area is 106 Å². The molecule has 6 nitrogen and oxygen atoms in total. The van der Waals surface area contributed by atoms with E-state index in [1.807, 2.05) is 20.2 Å². The van der Waals surface area contributed by atoms with Gasteiger partial charge in [-0.15, -0.1) is 0 Å². The lowest BCUT2D eigenvalue weighted by atomic mass is 10.3. The van der Waals surface area contributed by atoms with Crippen LogP contribution in [0.3, 0.4) is 0 Å². The number of nitrogens with one attached hydrogen (secondary N) is 1. The minimum absolute atomic E-state index is 0.484. The number of aromatic nitrogens is 4. The molecule has 0 radical (unpaired) electrons. The van der Waals surface area contributed by atoms with Gasteiger partial charge in [0.15, 0.2) is 0 Å². The quantitative estimate of drug-likeness (QED) is 0.859. The zero-order valence-electron chi connectivity index (χ0n) is 10.9. The maximum absolute atomic E-state index is 5.77. The molecular formula is C12H18N6. The number of rotatable bonds is 4. The molecule has 0 aliphatic carbocycles. The van der Waals surface area contributed by atoms with E-state index in [-0.39, 0.29) is 0 Å². The van der Waals surface area contributed by atoms with Crippen molar-refractivity contribution in [2.45, 2.75) is 26.7 Å². The Hall–Kier alpha value is -2.11. The van der Waals surface area contributed by atoms with Crippen molar-refractivity contribution >= 4 is 17.3 Å². The summed E-state index contributed by atoms with van der Waals surface area (Å²) < 4.78 is 1.76. The summed E-state index contributed by atoms with van der Waals surface area (Å²) in [6.45, 7) is 4.03. The van der Waals surface area contributed by atoms with E-state index >= 15 is 0 Å². The van der Waals surface area contributed by atoms with E-state index in [4.69, 9.17) is 5.73 Å². The van der Waals surface area contributed by atoms with Crippen molar-refractivity contribution < 1.29 is 0 Å². The minimum Gasteiger partial charge on any atom is -0.384 e. The van der Waals surface area contributed by atoms with Crippen LogP contribution in [0.1, 0.15) is 24.9 Å². The molecule has 0 unspecified atom stereocenters. The van der Waals surface area contributed by atoms with Gasteiger partial charge in [0.1, 0.15) is 17.5 Å². The molecule has 96 valence electrons. The number of hydrogen-bond acceptors (Lipinski definition) is 5. The Morgan fingerprint density at radius 3 is 2.78 bits per heavy atom. The molecule has 0 fully saturated rings. The molecule has 0 atom stereocenters.